The maximum atomic E-state index is 13.2. The van der Waals surface area contributed by atoms with Gasteiger partial charge < -0.3 is 14.2 Å². The molecule has 2 aliphatic carbocycles. The summed E-state index contributed by atoms with van der Waals surface area (Å²) in [6, 6.07) is -0.319. The van der Waals surface area contributed by atoms with Crippen molar-refractivity contribution in [3.05, 3.63) is 35.1 Å². The molecule has 0 aromatic rings. The number of cyclic esters (lactones) is 1. The third-order valence-corrected chi connectivity index (χ3v) is 5.86. The molecule has 4 atom stereocenters. The molecule has 1 saturated heterocycles. The first-order chi connectivity index (χ1) is 13.7. The van der Waals surface area contributed by atoms with Gasteiger partial charge in [0.05, 0.1) is 17.9 Å². The first-order valence-corrected chi connectivity index (χ1v) is 10.2. The fourth-order valence-electron chi connectivity index (χ4n) is 4.66. The summed E-state index contributed by atoms with van der Waals surface area (Å²) >= 11 is 0. The second-order valence-corrected chi connectivity index (χ2v) is 9.11. The third-order valence-electron chi connectivity index (χ3n) is 5.86. The minimum Gasteiger partial charge on any atom is -0.458 e. The van der Waals surface area contributed by atoms with Gasteiger partial charge in [0.1, 0.15) is 5.60 Å². The molecule has 2 heterocycles. The Morgan fingerprint density at radius 3 is 2.72 bits per heavy atom. The number of likely N-dealkylation sites (tertiary alicyclic amines) is 1. The maximum Gasteiger partial charge on any atom is 0.417 e. The number of hydrogen-bond donors (Lipinski definition) is 0. The van der Waals surface area contributed by atoms with Gasteiger partial charge >= 0.3 is 12.1 Å². The molecule has 0 bridgehead atoms. The predicted octanol–water partition coefficient (Wildman–Crippen LogP) is 3.61. The van der Waals surface area contributed by atoms with Crippen LogP contribution in [-0.2, 0) is 23.8 Å². The largest absolute Gasteiger partial charge is 0.458 e. The lowest BCUT2D eigenvalue weighted by Crippen LogP contribution is -2.43. The van der Waals surface area contributed by atoms with Crippen LogP contribution < -0.4 is 0 Å². The van der Waals surface area contributed by atoms with Crippen molar-refractivity contribution in [1.29, 1.82) is 0 Å². The molecule has 2 aliphatic heterocycles. The number of carbonyl (C=O) groups is 3. The Morgan fingerprint density at radius 2 is 2.07 bits per heavy atom. The van der Waals surface area contributed by atoms with Crippen molar-refractivity contribution in [3.8, 4) is 0 Å². The topological polar surface area (TPSA) is 82.1 Å². The van der Waals surface area contributed by atoms with Gasteiger partial charge in [0.15, 0.2) is 0 Å². The van der Waals surface area contributed by atoms with Gasteiger partial charge in [0.25, 0.3) is 12.2 Å². The molecule has 0 aromatic carbocycles. The SMILES string of the molecule is CC1=C[C@@H](O/C=C2/C(=O)N(C(=O)OC(C)(C)C)[C@@H]3C4=CCCC[C@H]4CC23)OC1=O. The molecular formula is C22H27NO6. The highest BCUT2D eigenvalue weighted by Crippen LogP contribution is 2.51. The van der Waals surface area contributed by atoms with Crippen LogP contribution in [0, 0.1) is 11.8 Å². The summed E-state index contributed by atoms with van der Waals surface area (Å²) in [5.41, 5.74) is 1.36. The molecule has 2 amide bonds. The third kappa shape index (κ3) is 3.58. The molecule has 0 radical (unpaired) electrons. The first-order valence-electron chi connectivity index (χ1n) is 10.2. The molecule has 0 N–H and O–H groups in total. The number of hydrogen-bond acceptors (Lipinski definition) is 6. The van der Waals surface area contributed by atoms with Crippen molar-refractivity contribution in [2.75, 3.05) is 0 Å². The molecule has 0 aromatic heterocycles. The van der Waals surface area contributed by atoms with Crippen LogP contribution in [0.5, 0.6) is 0 Å². The first kappa shape index (κ1) is 19.7. The lowest BCUT2D eigenvalue weighted by Gasteiger charge is -2.29. The average molecular weight is 401 g/mol. The number of ether oxygens (including phenoxy) is 3. The summed E-state index contributed by atoms with van der Waals surface area (Å²) < 4.78 is 16.2. The summed E-state index contributed by atoms with van der Waals surface area (Å²) in [6.07, 6.45) is 7.58. The molecule has 2 fully saturated rings. The second kappa shape index (κ2) is 7.04. The molecule has 4 aliphatic rings. The fourth-order valence-corrected chi connectivity index (χ4v) is 4.66. The number of carbonyl (C=O) groups excluding carboxylic acids is 3. The van der Waals surface area contributed by atoms with Crippen molar-refractivity contribution in [2.45, 2.75) is 71.3 Å². The van der Waals surface area contributed by atoms with Gasteiger partial charge in [-0.2, -0.15) is 0 Å². The average Bonchev–Trinajstić information content (AvgIpc) is 3.23. The molecule has 4 rings (SSSR count). The van der Waals surface area contributed by atoms with E-state index in [9.17, 15) is 14.4 Å². The van der Waals surface area contributed by atoms with Crippen LogP contribution in [0.3, 0.4) is 0 Å². The highest BCUT2D eigenvalue weighted by molar-refractivity contribution is 6.06. The van der Waals surface area contributed by atoms with Crippen LogP contribution in [-0.4, -0.2) is 40.8 Å². The standard InChI is InChI=1S/C22H27NO6/c1-12-9-17(28-20(12)25)27-11-16-15-10-13-7-5-6-8-14(13)18(15)23(19(16)24)21(26)29-22(2,3)4/h8-9,11,13,15,17-18H,5-7,10H2,1-4H3/b16-11+/t13-,15?,17-,18+/m0/s1. The van der Waals surface area contributed by atoms with Crippen molar-refractivity contribution >= 4 is 18.0 Å². The Morgan fingerprint density at radius 1 is 1.31 bits per heavy atom. The number of esters is 1. The maximum absolute atomic E-state index is 13.2. The van der Waals surface area contributed by atoms with E-state index in [0.717, 1.165) is 31.3 Å². The zero-order chi connectivity index (χ0) is 20.9. The highest BCUT2D eigenvalue weighted by atomic mass is 16.7. The Balaban J connectivity index is 1.63. The van der Waals surface area contributed by atoms with Crippen LogP contribution >= 0.6 is 0 Å². The Labute approximate surface area is 170 Å². The number of allylic oxidation sites excluding steroid dienone is 1. The zero-order valence-corrected chi connectivity index (χ0v) is 17.3. The van der Waals surface area contributed by atoms with Gasteiger partial charge in [-0.15, -0.1) is 0 Å². The number of fused-ring (bicyclic) bond motifs is 3. The van der Waals surface area contributed by atoms with Gasteiger partial charge in [-0.05, 0) is 64.9 Å². The molecule has 156 valence electrons. The molecule has 7 nitrogen and oxygen atoms in total. The molecular weight excluding hydrogens is 374 g/mol. The normalized spacial score (nSPS) is 32.6. The monoisotopic (exact) mass is 401 g/mol. The van der Waals surface area contributed by atoms with E-state index < -0.39 is 29.9 Å². The van der Waals surface area contributed by atoms with E-state index in [-0.39, 0.29) is 12.0 Å². The number of nitrogens with zero attached hydrogens (tertiary/aromatic N) is 1. The van der Waals surface area contributed by atoms with Crippen LogP contribution in [0.25, 0.3) is 0 Å². The Kier molecular flexibility index (Phi) is 4.79. The quantitative estimate of drug-likeness (QED) is 0.304. The summed E-state index contributed by atoms with van der Waals surface area (Å²) in [4.78, 5) is 38.9. The fraction of sp³-hybridized carbons (Fsp3) is 0.591. The number of imide groups is 1. The number of amides is 2. The van der Waals surface area contributed by atoms with Gasteiger partial charge in [0.2, 0.25) is 0 Å². The molecule has 7 heteroatoms. The summed E-state index contributed by atoms with van der Waals surface area (Å²) in [5, 5.41) is 0. The lowest BCUT2D eigenvalue weighted by atomic mass is 9.89. The molecule has 0 spiro atoms. The van der Waals surface area contributed by atoms with Crippen molar-refractivity contribution in [3.63, 3.8) is 0 Å². The van der Waals surface area contributed by atoms with E-state index in [2.05, 4.69) is 6.08 Å². The van der Waals surface area contributed by atoms with E-state index in [1.807, 2.05) is 0 Å². The van der Waals surface area contributed by atoms with Gasteiger partial charge in [-0.25, -0.2) is 14.5 Å². The Hall–Kier alpha value is -2.57. The summed E-state index contributed by atoms with van der Waals surface area (Å²) in [7, 11) is 0. The second-order valence-electron chi connectivity index (χ2n) is 9.11. The predicted molar refractivity (Wildman–Crippen MR) is 103 cm³/mol. The van der Waals surface area contributed by atoms with Crippen LogP contribution in [0.15, 0.2) is 35.1 Å². The highest BCUT2D eigenvalue weighted by Gasteiger charge is 2.56. The molecule has 1 unspecified atom stereocenters. The van der Waals surface area contributed by atoms with Gasteiger partial charge in [-0.1, -0.05) is 6.08 Å². The molecule has 1 saturated carbocycles. The number of rotatable bonds is 2. The lowest BCUT2D eigenvalue weighted by molar-refractivity contribution is -0.152. The van der Waals surface area contributed by atoms with E-state index in [1.54, 1.807) is 33.8 Å². The van der Waals surface area contributed by atoms with Crippen LogP contribution in [0.2, 0.25) is 0 Å². The minimum atomic E-state index is -0.847. The summed E-state index contributed by atoms with van der Waals surface area (Å²) in [6.45, 7) is 6.99. The van der Waals surface area contributed by atoms with E-state index in [1.165, 1.54) is 11.2 Å². The van der Waals surface area contributed by atoms with Crippen molar-refractivity contribution < 1.29 is 28.6 Å². The smallest absolute Gasteiger partial charge is 0.417 e. The minimum absolute atomic E-state index is 0.133. The Bertz CT molecular complexity index is 846. The zero-order valence-electron chi connectivity index (χ0n) is 17.3. The van der Waals surface area contributed by atoms with E-state index in [4.69, 9.17) is 14.2 Å². The van der Waals surface area contributed by atoms with Gasteiger partial charge in [0, 0.05) is 17.6 Å². The van der Waals surface area contributed by atoms with Gasteiger partial charge in [-0.3, -0.25) is 4.79 Å². The van der Waals surface area contributed by atoms with Crippen LogP contribution in [0.4, 0.5) is 4.79 Å². The van der Waals surface area contributed by atoms with Crippen molar-refractivity contribution in [2.24, 2.45) is 11.8 Å². The van der Waals surface area contributed by atoms with Crippen molar-refractivity contribution in [1.82, 2.24) is 4.90 Å². The van der Waals surface area contributed by atoms with E-state index in [0.29, 0.717) is 17.1 Å². The van der Waals surface area contributed by atoms with E-state index >= 15 is 0 Å². The molecule has 29 heavy (non-hydrogen) atoms. The summed E-state index contributed by atoms with van der Waals surface area (Å²) in [5.74, 6) is -0.598. The van der Waals surface area contributed by atoms with Crippen LogP contribution in [0.1, 0.15) is 53.4 Å².